The third-order valence-electron chi connectivity index (χ3n) is 10.5. The number of hydrogen-bond donors (Lipinski definition) is 4. The molecule has 10 heteroatoms. The van der Waals surface area contributed by atoms with Gasteiger partial charge < -0.3 is 39.6 Å². The van der Waals surface area contributed by atoms with Gasteiger partial charge in [0.25, 0.3) is 0 Å². The number of methoxy groups -OCH3 is 1. The van der Waals surface area contributed by atoms with Crippen LogP contribution in [0.1, 0.15) is 106 Å². The molecule has 0 spiro atoms. The van der Waals surface area contributed by atoms with Gasteiger partial charge in [-0.1, -0.05) is 90.1 Å². The van der Waals surface area contributed by atoms with E-state index in [1.54, 1.807) is 51.3 Å². The molecule has 2 unspecified atom stereocenters. The Kier molecular flexibility index (Phi) is 15.5. The summed E-state index contributed by atoms with van der Waals surface area (Å²) in [6.45, 7) is 19.6. The van der Waals surface area contributed by atoms with Crippen LogP contribution in [0.25, 0.3) is 0 Å². The molecule has 52 heavy (non-hydrogen) atoms. The van der Waals surface area contributed by atoms with Crippen molar-refractivity contribution in [3.8, 4) is 0 Å². The van der Waals surface area contributed by atoms with E-state index in [0.717, 1.165) is 12.0 Å². The SMILES string of the molecule is CC[C@H](OC)[C@@H](C)[C@H]1O[C@@H]1C(NCc1ccc(C(C)(C)C)cc1)C(C)(O)C=CC=C(C)[C@H]1OC(=O)C[C@H](O)CC[C@@](C)(O)[C@@H](OC(C)=O)C=C[C@@H]1C. The van der Waals surface area contributed by atoms with Gasteiger partial charge in [0.05, 0.1) is 36.4 Å². The first-order valence-electron chi connectivity index (χ1n) is 18.7. The molecule has 0 amide bonds. The lowest BCUT2D eigenvalue weighted by Gasteiger charge is -2.32. The standard InChI is InChI=1S/C42H65NO9/c1-12-33(49-11)28(4)37-38(52-37)39(43-25-30-16-18-31(19-17-30)40(6,7)8)42(10,48)22-13-14-26(2)36-27(3)15-20-34(50-29(5)44)41(9,47)23-21-32(45)24-35(46)51-36/h13-20,22,27-28,32-34,36-39,43,45,47-48H,12,21,23-25H2,1-11H3/t27-,28+,32+,33-,34-,36+,37+,38-,39?,41+,42?/m0/s1. The number of carbonyl (C=O) groups excluding carboxylic acids is 2. The second kappa shape index (κ2) is 18.5. The zero-order valence-electron chi connectivity index (χ0n) is 33.2. The Labute approximate surface area is 311 Å². The molecule has 1 aromatic rings. The molecule has 2 heterocycles. The van der Waals surface area contributed by atoms with Gasteiger partial charge in [-0.2, -0.15) is 0 Å². The number of benzene rings is 1. The minimum absolute atomic E-state index is 0.0351. The highest BCUT2D eigenvalue weighted by atomic mass is 16.6. The number of aliphatic hydroxyl groups excluding tert-OH is 1. The van der Waals surface area contributed by atoms with Crippen LogP contribution in [0.3, 0.4) is 0 Å². The van der Waals surface area contributed by atoms with E-state index in [2.05, 4.69) is 64.2 Å². The number of aliphatic hydroxyl groups is 3. The molecule has 4 N–H and O–H groups in total. The highest BCUT2D eigenvalue weighted by molar-refractivity contribution is 5.70. The van der Waals surface area contributed by atoms with E-state index >= 15 is 0 Å². The lowest BCUT2D eigenvalue weighted by atomic mass is 9.86. The summed E-state index contributed by atoms with van der Waals surface area (Å²) in [6.07, 6.45) is 6.48. The van der Waals surface area contributed by atoms with Gasteiger partial charge in [-0.15, -0.1) is 0 Å². The highest BCUT2D eigenvalue weighted by Crippen LogP contribution is 2.39. The monoisotopic (exact) mass is 727 g/mol. The lowest BCUT2D eigenvalue weighted by molar-refractivity contribution is -0.157. The second-order valence-corrected chi connectivity index (χ2v) is 16.3. The molecule has 1 fully saturated rings. The van der Waals surface area contributed by atoms with Gasteiger partial charge in [0.2, 0.25) is 0 Å². The van der Waals surface area contributed by atoms with Gasteiger partial charge >= 0.3 is 11.9 Å². The van der Waals surface area contributed by atoms with Gasteiger partial charge in [0.1, 0.15) is 23.9 Å². The zero-order chi connectivity index (χ0) is 39.0. The molecule has 11 atom stereocenters. The second-order valence-electron chi connectivity index (χ2n) is 16.3. The average molecular weight is 728 g/mol. The molecule has 10 nitrogen and oxygen atoms in total. The molecular formula is C42H65NO9. The summed E-state index contributed by atoms with van der Waals surface area (Å²) in [4.78, 5) is 24.8. The normalized spacial score (nSPS) is 30.7. The van der Waals surface area contributed by atoms with E-state index in [0.29, 0.717) is 12.1 Å². The number of allylic oxidation sites excluding steroid dienone is 2. The van der Waals surface area contributed by atoms with Crippen molar-refractivity contribution >= 4 is 11.9 Å². The number of carbonyl (C=O) groups is 2. The molecule has 1 saturated heterocycles. The Hall–Kier alpha value is -2.86. The fourth-order valence-corrected chi connectivity index (χ4v) is 7.02. The van der Waals surface area contributed by atoms with Crippen LogP contribution in [0, 0.1) is 11.8 Å². The van der Waals surface area contributed by atoms with E-state index in [-0.39, 0.29) is 54.8 Å². The van der Waals surface area contributed by atoms with Gasteiger partial charge in [-0.05, 0) is 68.2 Å². The van der Waals surface area contributed by atoms with Crippen LogP contribution in [0.4, 0.5) is 0 Å². The van der Waals surface area contributed by atoms with E-state index in [9.17, 15) is 24.9 Å². The predicted octanol–water partition coefficient (Wildman–Crippen LogP) is 5.86. The molecule has 0 radical (unpaired) electrons. The number of epoxide rings is 1. The van der Waals surface area contributed by atoms with Crippen molar-refractivity contribution in [2.75, 3.05) is 7.11 Å². The zero-order valence-corrected chi connectivity index (χ0v) is 33.2. The molecule has 0 saturated carbocycles. The molecule has 3 rings (SSSR count). The summed E-state index contributed by atoms with van der Waals surface area (Å²) >= 11 is 0. The van der Waals surface area contributed by atoms with Crippen molar-refractivity contribution in [2.45, 2.75) is 161 Å². The van der Waals surface area contributed by atoms with E-state index in [1.807, 2.05) is 13.8 Å². The first-order valence-corrected chi connectivity index (χ1v) is 18.7. The number of ether oxygens (including phenoxy) is 4. The van der Waals surface area contributed by atoms with E-state index in [1.165, 1.54) is 12.5 Å². The first-order chi connectivity index (χ1) is 24.2. The largest absolute Gasteiger partial charge is 0.457 e. The number of rotatable bonds is 13. The summed E-state index contributed by atoms with van der Waals surface area (Å²) in [5.74, 6) is -1.36. The Morgan fingerprint density at radius 3 is 2.37 bits per heavy atom. The van der Waals surface area contributed by atoms with Crippen molar-refractivity contribution in [2.24, 2.45) is 11.8 Å². The van der Waals surface area contributed by atoms with Crippen LogP contribution >= 0.6 is 0 Å². The Bertz CT molecular complexity index is 1400. The van der Waals surface area contributed by atoms with E-state index in [4.69, 9.17) is 18.9 Å². The lowest BCUT2D eigenvalue weighted by Crippen LogP contribution is -2.52. The summed E-state index contributed by atoms with van der Waals surface area (Å²) in [5, 5.41) is 37.2. The van der Waals surface area contributed by atoms with Crippen molar-refractivity contribution in [3.63, 3.8) is 0 Å². The molecule has 0 aromatic heterocycles. The molecule has 0 bridgehead atoms. The highest BCUT2D eigenvalue weighted by Gasteiger charge is 2.54. The minimum Gasteiger partial charge on any atom is -0.457 e. The smallest absolute Gasteiger partial charge is 0.309 e. The van der Waals surface area contributed by atoms with Gasteiger partial charge in [0.15, 0.2) is 0 Å². The Morgan fingerprint density at radius 1 is 1.13 bits per heavy atom. The van der Waals surface area contributed by atoms with Gasteiger partial charge in [-0.3, -0.25) is 9.59 Å². The van der Waals surface area contributed by atoms with Crippen LogP contribution < -0.4 is 5.32 Å². The Balaban J connectivity index is 1.88. The summed E-state index contributed by atoms with van der Waals surface area (Å²) in [5.41, 5.74) is 0.297. The van der Waals surface area contributed by atoms with E-state index < -0.39 is 47.5 Å². The fraction of sp³-hybridized carbons (Fsp3) is 0.667. The van der Waals surface area contributed by atoms with Crippen molar-refractivity contribution in [1.29, 1.82) is 0 Å². The number of nitrogens with one attached hydrogen (secondary N) is 1. The predicted molar refractivity (Wildman–Crippen MR) is 202 cm³/mol. The topological polar surface area (TPSA) is 147 Å². The van der Waals surface area contributed by atoms with Crippen LogP contribution in [-0.4, -0.2) is 88.2 Å². The molecular weight excluding hydrogens is 662 g/mol. The fourth-order valence-electron chi connectivity index (χ4n) is 7.02. The quantitative estimate of drug-likeness (QED) is 0.0844. The third kappa shape index (κ3) is 12.4. The van der Waals surface area contributed by atoms with Crippen LogP contribution in [0.5, 0.6) is 0 Å². The van der Waals surface area contributed by atoms with Crippen LogP contribution in [0.15, 0.2) is 60.2 Å². The maximum atomic E-state index is 12.9. The number of cyclic esters (lactones) is 1. The number of esters is 2. The molecule has 1 aromatic carbocycles. The summed E-state index contributed by atoms with van der Waals surface area (Å²) in [6, 6.07) is 8.07. The van der Waals surface area contributed by atoms with Crippen molar-refractivity contribution in [3.05, 3.63) is 71.3 Å². The summed E-state index contributed by atoms with van der Waals surface area (Å²) in [7, 11) is 1.72. The average Bonchev–Trinajstić information content (AvgIpc) is 3.84. The maximum Gasteiger partial charge on any atom is 0.309 e. The molecule has 2 aliphatic heterocycles. The molecule has 0 aliphatic carbocycles. The van der Waals surface area contributed by atoms with Crippen LogP contribution in [-0.2, 0) is 40.5 Å². The third-order valence-corrected chi connectivity index (χ3v) is 10.5. The summed E-state index contributed by atoms with van der Waals surface area (Å²) < 4.78 is 23.3. The Morgan fingerprint density at radius 2 is 1.79 bits per heavy atom. The molecule has 292 valence electrons. The van der Waals surface area contributed by atoms with Crippen LogP contribution in [0.2, 0.25) is 0 Å². The maximum absolute atomic E-state index is 12.9. The first kappa shape index (κ1) is 43.5. The number of hydrogen-bond acceptors (Lipinski definition) is 10. The van der Waals surface area contributed by atoms with Crippen molar-refractivity contribution < 1.29 is 43.9 Å². The minimum atomic E-state index is -1.45. The van der Waals surface area contributed by atoms with Crippen molar-refractivity contribution in [1.82, 2.24) is 5.32 Å². The van der Waals surface area contributed by atoms with Gasteiger partial charge in [0, 0.05) is 32.4 Å². The molecule has 2 aliphatic rings. The van der Waals surface area contributed by atoms with Gasteiger partial charge in [-0.25, -0.2) is 0 Å².